The van der Waals surface area contributed by atoms with Crippen LogP contribution in [-0.4, -0.2) is 12.1 Å². The van der Waals surface area contributed by atoms with E-state index in [-0.39, 0.29) is 28.2 Å². The van der Waals surface area contributed by atoms with Crippen LogP contribution in [0.1, 0.15) is 6.92 Å². The number of carboxylic acid groups (broad SMARTS) is 1. The lowest BCUT2D eigenvalue weighted by molar-refractivity contribution is -0.312. The third-order valence-corrected chi connectivity index (χ3v) is 3.42. The van der Waals surface area contributed by atoms with Crippen LogP contribution in [-0.2, 0) is 4.79 Å². The van der Waals surface area contributed by atoms with Gasteiger partial charge in [0, 0.05) is 5.02 Å². The summed E-state index contributed by atoms with van der Waals surface area (Å²) in [6.45, 7) is 1.25. The number of hydrogen-bond acceptors (Lipinski definition) is 6. The molecule has 0 spiro atoms. The minimum atomic E-state index is -1.46. The van der Waals surface area contributed by atoms with Gasteiger partial charge in [0.2, 0.25) is 16.9 Å². The molecule has 0 N–H and O–H groups in total. The molecule has 0 aliphatic rings. The van der Waals surface area contributed by atoms with Crippen molar-refractivity contribution in [3.8, 4) is 17.3 Å². The Morgan fingerprint density at radius 2 is 2.13 bits per heavy atom. The highest BCUT2D eigenvalue weighted by atomic mass is 35.5. The average Bonchev–Trinajstić information content (AvgIpc) is 3.04. The molecular weight excluding hydrogens is 324 g/mol. The van der Waals surface area contributed by atoms with Gasteiger partial charge in [-0.15, -0.1) is 0 Å². The molecule has 0 saturated heterocycles. The molecule has 0 aliphatic carbocycles. The maximum Gasteiger partial charge on any atom is 0.235 e. The van der Waals surface area contributed by atoms with E-state index in [1.165, 1.54) is 25.3 Å². The molecule has 1 atom stereocenters. The van der Waals surface area contributed by atoms with Gasteiger partial charge in [-0.1, -0.05) is 11.6 Å². The lowest BCUT2D eigenvalue weighted by Gasteiger charge is -2.16. The highest BCUT2D eigenvalue weighted by Gasteiger charge is 2.21. The largest absolute Gasteiger partial charge is 0.546 e. The highest BCUT2D eigenvalue weighted by molar-refractivity contribution is 6.31. The lowest BCUT2D eigenvalue weighted by Crippen LogP contribution is -2.38. The fraction of sp³-hybridized carbons (Fsp3) is 0.125. The first-order valence-electron chi connectivity index (χ1n) is 6.65. The Bertz CT molecular complexity index is 926. The van der Waals surface area contributed by atoms with Gasteiger partial charge in [-0.2, -0.15) is 0 Å². The Kier molecular flexibility index (Phi) is 3.83. The SMILES string of the molecule is C[C@@H](Oc1c(-c2ccco2)oc2ccc(Cl)cc2c1=O)C(=O)[O-]. The number of hydrogen-bond donors (Lipinski definition) is 0. The molecule has 0 fully saturated rings. The summed E-state index contributed by atoms with van der Waals surface area (Å²) in [5.74, 6) is -1.49. The predicted molar refractivity (Wildman–Crippen MR) is 80.3 cm³/mol. The molecule has 0 radical (unpaired) electrons. The quantitative estimate of drug-likeness (QED) is 0.726. The summed E-state index contributed by atoms with van der Waals surface area (Å²) in [6.07, 6.45) is 0.0520. The van der Waals surface area contributed by atoms with Crippen molar-refractivity contribution in [1.82, 2.24) is 0 Å². The summed E-state index contributed by atoms with van der Waals surface area (Å²) in [5.41, 5.74) is -0.271. The molecule has 0 saturated carbocycles. The zero-order chi connectivity index (χ0) is 16.6. The standard InChI is InChI=1S/C16H11ClO6/c1-8(16(19)20)22-15-13(18)10-7-9(17)4-5-11(10)23-14(15)12-3-2-6-21-12/h2-8H,1H3,(H,19,20)/p-1/t8-/m1/s1. The van der Waals surface area contributed by atoms with Crippen molar-refractivity contribution in [2.45, 2.75) is 13.0 Å². The van der Waals surface area contributed by atoms with E-state index >= 15 is 0 Å². The van der Waals surface area contributed by atoms with Crippen LogP contribution in [0.15, 0.2) is 50.2 Å². The van der Waals surface area contributed by atoms with E-state index in [0.29, 0.717) is 5.02 Å². The summed E-state index contributed by atoms with van der Waals surface area (Å²) in [7, 11) is 0. The molecule has 1 aromatic carbocycles. The monoisotopic (exact) mass is 333 g/mol. The predicted octanol–water partition coefficient (Wildman–Crippen LogP) is 2.22. The smallest absolute Gasteiger partial charge is 0.235 e. The number of aliphatic carboxylic acids is 1. The van der Waals surface area contributed by atoms with E-state index in [4.69, 9.17) is 25.2 Å². The summed E-state index contributed by atoms with van der Waals surface area (Å²) < 4.78 is 16.1. The topological polar surface area (TPSA) is 92.7 Å². The minimum absolute atomic E-state index is 0.00271. The van der Waals surface area contributed by atoms with Gasteiger partial charge in [0.1, 0.15) is 11.7 Å². The summed E-state index contributed by atoms with van der Waals surface area (Å²) in [4.78, 5) is 23.6. The first kappa shape index (κ1) is 15.2. The van der Waals surface area contributed by atoms with Gasteiger partial charge in [0.15, 0.2) is 5.76 Å². The second-order valence-corrected chi connectivity index (χ2v) is 5.22. The van der Waals surface area contributed by atoms with Crippen molar-refractivity contribution >= 4 is 28.5 Å². The number of carbonyl (C=O) groups is 1. The van der Waals surface area contributed by atoms with Crippen LogP contribution < -0.4 is 15.3 Å². The van der Waals surface area contributed by atoms with E-state index in [9.17, 15) is 14.7 Å². The number of benzene rings is 1. The number of rotatable bonds is 4. The molecule has 3 rings (SSSR count). The van der Waals surface area contributed by atoms with Crippen molar-refractivity contribution < 1.29 is 23.5 Å². The van der Waals surface area contributed by atoms with Gasteiger partial charge in [-0.25, -0.2) is 0 Å². The molecule has 2 aromatic heterocycles. The van der Waals surface area contributed by atoms with Crippen molar-refractivity contribution in [2.24, 2.45) is 0 Å². The lowest BCUT2D eigenvalue weighted by atomic mass is 10.2. The van der Waals surface area contributed by atoms with Crippen molar-refractivity contribution in [2.75, 3.05) is 0 Å². The zero-order valence-corrected chi connectivity index (χ0v) is 12.6. The fourth-order valence-corrected chi connectivity index (χ4v) is 2.22. The van der Waals surface area contributed by atoms with Gasteiger partial charge in [-0.05, 0) is 37.3 Å². The molecule has 0 bridgehead atoms. The Balaban J connectivity index is 2.28. The van der Waals surface area contributed by atoms with Crippen molar-refractivity contribution in [1.29, 1.82) is 0 Å². The van der Waals surface area contributed by atoms with Gasteiger partial charge >= 0.3 is 0 Å². The normalized spacial score (nSPS) is 12.3. The third kappa shape index (κ3) is 2.80. The van der Waals surface area contributed by atoms with Gasteiger partial charge in [0.25, 0.3) is 0 Å². The number of fused-ring (bicyclic) bond motifs is 1. The molecule has 3 aromatic rings. The molecule has 2 heterocycles. The van der Waals surface area contributed by atoms with Gasteiger partial charge in [-0.3, -0.25) is 4.79 Å². The minimum Gasteiger partial charge on any atom is -0.546 e. The number of carbonyl (C=O) groups excluding carboxylic acids is 1. The Morgan fingerprint density at radius 3 is 2.78 bits per heavy atom. The average molecular weight is 334 g/mol. The molecular formula is C16H10ClO6-. The maximum absolute atomic E-state index is 12.7. The van der Waals surface area contributed by atoms with E-state index in [1.807, 2.05) is 0 Å². The third-order valence-electron chi connectivity index (χ3n) is 3.18. The molecule has 7 heteroatoms. The fourth-order valence-electron chi connectivity index (χ4n) is 2.05. The van der Waals surface area contributed by atoms with Crippen molar-refractivity contribution in [3.63, 3.8) is 0 Å². The molecule has 0 unspecified atom stereocenters. The Labute approximate surface area is 134 Å². The zero-order valence-electron chi connectivity index (χ0n) is 11.9. The molecule has 0 amide bonds. The first-order chi connectivity index (χ1) is 11.0. The number of ether oxygens (including phenoxy) is 1. The second-order valence-electron chi connectivity index (χ2n) is 4.79. The van der Waals surface area contributed by atoms with Crippen molar-refractivity contribution in [3.05, 3.63) is 51.8 Å². The van der Waals surface area contributed by atoms with Crippen LogP contribution in [0, 0.1) is 0 Å². The number of furan rings is 1. The molecule has 0 aliphatic heterocycles. The number of carboxylic acids is 1. The van der Waals surface area contributed by atoms with E-state index in [1.54, 1.807) is 18.2 Å². The Hall–Kier alpha value is -2.73. The second kappa shape index (κ2) is 5.81. The summed E-state index contributed by atoms with van der Waals surface area (Å²) in [5, 5.41) is 11.4. The van der Waals surface area contributed by atoms with E-state index in [0.717, 1.165) is 0 Å². The summed E-state index contributed by atoms with van der Waals surface area (Å²) in [6, 6.07) is 7.70. The summed E-state index contributed by atoms with van der Waals surface area (Å²) >= 11 is 5.89. The van der Waals surface area contributed by atoms with Crippen LogP contribution in [0.5, 0.6) is 5.75 Å². The molecule has 118 valence electrons. The molecule has 6 nitrogen and oxygen atoms in total. The van der Waals surface area contributed by atoms with Crippen LogP contribution in [0.2, 0.25) is 5.02 Å². The van der Waals surface area contributed by atoms with Crippen LogP contribution in [0.4, 0.5) is 0 Å². The molecule has 23 heavy (non-hydrogen) atoms. The van der Waals surface area contributed by atoms with Crippen LogP contribution in [0.3, 0.4) is 0 Å². The Morgan fingerprint density at radius 1 is 1.35 bits per heavy atom. The number of halogens is 1. The first-order valence-corrected chi connectivity index (χ1v) is 7.03. The van der Waals surface area contributed by atoms with Crippen LogP contribution >= 0.6 is 11.6 Å². The van der Waals surface area contributed by atoms with Gasteiger partial charge in [0.05, 0.1) is 17.6 Å². The van der Waals surface area contributed by atoms with Gasteiger partial charge < -0.3 is 23.5 Å². The maximum atomic E-state index is 12.7. The highest BCUT2D eigenvalue weighted by Crippen LogP contribution is 2.32. The van der Waals surface area contributed by atoms with E-state index in [2.05, 4.69) is 0 Å². The van der Waals surface area contributed by atoms with Crippen LogP contribution in [0.25, 0.3) is 22.5 Å². The van der Waals surface area contributed by atoms with E-state index < -0.39 is 17.5 Å².